The maximum absolute atomic E-state index is 13.1. The predicted octanol–water partition coefficient (Wildman–Crippen LogP) is 2.52. The lowest BCUT2D eigenvalue weighted by atomic mass is 9.99. The lowest BCUT2D eigenvalue weighted by Gasteiger charge is -2.32. The highest BCUT2D eigenvalue weighted by Crippen LogP contribution is 2.12. The van der Waals surface area contributed by atoms with E-state index in [1.165, 1.54) is 18.6 Å². The van der Waals surface area contributed by atoms with Crippen LogP contribution < -0.4 is 16.4 Å². The number of amides is 1. The molecule has 1 heterocycles. The van der Waals surface area contributed by atoms with Crippen LogP contribution in [0.5, 0.6) is 0 Å². The third kappa shape index (κ3) is 9.29. The number of carbonyl (C=O) groups is 1. The molecule has 2 rings (SSSR count). The van der Waals surface area contributed by atoms with Crippen molar-refractivity contribution in [2.24, 2.45) is 16.6 Å². The summed E-state index contributed by atoms with van der Waals surface area (Å²) >= 11 is 0. The molecule has 1 amide bonds. The number of primary amides is 1. The summed E-state index contributed by atoms with van der Waals surface area (Å²) in [6.07, 6.45) is 3.80. The zero-order valence-electron chi connectivity index (χ0n) is 17.5. The van der Waals surface area contributed by atoms with E-state index in [0.29, 0.717) is 19.0 Å². The highest BCUT2D eigenvalue weighted by molar-refractivity contribution is 14.0. The summed E-state index contributed by atoms with van der Waals surface area (Å²) in [6, 6.07) is 6.54. The van der Waals surface area contributed by atoms with Gasteiger partial charge in [-0.3, -0.25) is 9.79 Å². The molecule has 0 spiro atoms. The van der Waals surface area contributed by atoms with E-state index < -0.39 is 11.8 Å². The Morgan fingerprint density at radius 1 is 1.28 bits per heavy atom. The Balaban J connectivity index is 0.00000420. The number of hydrogen-bond donors (Lipinski definition) is 3. The van der Waals surface area contributed by atoms with Crippen LogP contribution in [0.15, 0.2) is 29.3 Å². The van der Waals surface area contributed by atoms with E-state index in [0.717, 1.165) is 50.5 Å². The molecule has 4 N–H and O–H groups in total. The van der Waals surface area contributed by atoms with Crippen molar-refractivity contribution in [2.75, 3.05) is 32.7 Å². The largest absolute Gasteiger partial charge is 0.369 e. The average molecular weight is 519 g/mol. The fourth-order valence-corrected chi connectivity index (χ4v) is 3.49. The van der Waals surface area contributed by atoms with Gasteiger partial charge in [-0.25, -0.2) is 4.39 Å². The molecule has 0 aliphatic carbocycles. The van der Waals surface area contributed by atoms with Gasteiger partial charge in [-0.2, -0.15) is 0 Å². The summed E-state index contributed by atoms with van der Waals surface area (Å²) < 4.78 is 13.1. The zero-order chi connectivity index (χ0) is 20.4. The maximum Gasteiger partial charge on any atom is 0.222 e. The van der Waals surface area contributed by atoms with Gasteiger partial charge in [0.2, 0.25) is 5.91 Å². The highest BCUT2D eigenvalue weighted by atomic mass is 127. The molecule has 0 aromatic heterocycles. The minimum atomic E-state index is -0.424. The number of nitrogens with one attached hydrogen (secondary N) is 2. The molecule has 1 aromatic carbocycles. The Morgan fingerprint density at radius 3 is 2.48 bits per heavy atom. The lowest BCUT2D eigenvalue weighted by Crippen LogP contribution is -2.49. The number of nitrogens with two attached hydrogens (primary N) is 1. The standard InChI is InChI=1S/C21H34FN5O.HI/c1-3-11-27-12-9-19(10-13-27)26-21(24-4-2)25-15-17(20(23)28)14-16-5-7-18(22)8-6-16;/h5-8,17,19H,3-4,9-15H2,1-2H3,(H2,23,28)(H2,24,25,26);1H. The first-order chi connectivity index (χ1) is 13.5. The van der Waals surface area contributed by atoms with Gasteiger partial charge in [0.25, 0.3) is 0 Å². The molecule has 1 atom stereocenters. The number of piperidine rings is 1. The average Bonchev–Trinajstić information content (AvgIpc) is 2.68. The van der Waals surface area contributed by atoms with Crippen molar-refractivity contribution >= 4 is 35.8 Å². The molecule has 1 aromatic rings. The SMILES string of the molecule is CCCN1CCC(NC(=NCC(Cc2ccc(F)cc2)C(N)=O)NCC)CC1.I. The van der Waals surface area contributed by atoms with E-state index in [4.69, 9.17) is 5.73 Å². The minimum Gasteiger partial charge on any atom is -0.369 e. The van der Waals surface area contributed by atoms with Gasteiger partial charge in [0.15, 0.2) is 5.96 Å². The Bertz CT molecular complexity index is 632. The normalized spacial score (nSPS) is 16.7. The van der Waals surface area contributed by atoms with Crippen molar-refractivity contribution in [1.29, 1.82) is 0 Å². The Labute approximate surface area is 190 Å². The molecule has 1 fully saturated rings. The van der Waals surface area contributed by atoms with Crippen molar-refractivity contribution < 1.29 is 9.18 Å². The molecule has 1 aliphatic heterocycles. The summed E-state index contributed by atoms with van der Waals surface area (Å²) in [7, 11) is 0. The number of rotatable bonds is 9. The van der Waals surface area contributed by atoms with Crippen LogP contribution in [0.3, 0.4) is 0 Å². The second-order valence-corrected chi connectivity index (χ2v) is 7.41. The van der Waals surface area contributed by atoms with Gasteiger partial charge in [-0.05, 0) is 56.8 Å². The van der Waals surface area contributed by atoms with Gasteiger partial charge in [0, 0.05) is 25.7 Å². The van der Waals surface area contributed by atoms with E-state index in [2.05, 4.69) is 27.4 Å². The van der Waals surface area contributed by atoms with Crippen LogP contribution in [0.25, 0.3) is 0 Å². The van der Waals surface area contributed by atoms with Crippen molar-refractivity contribution in [2.45, 2.75) is 45.6 Å². The van der Waals surface area contributed by atoms with Crippen LogP contribution in [-0.4, -0.2) is 55.5 Å². The molecule has 0 radical (unpaired) electrons. The minimum absolute atomic E-state index is 0. The van der Waals surface area contributed by atoms with E-state index in [-0.39, 0.29) is 29.8 Å². The number of guanidine groups is 1. The number of nitrogens with zero attached hydrogens (tertiary/aromatic N) is 2. The molecule has 6 nitrogen and oxygen atoms in total. The zero-order valence-corrected chi connectivity index (χ0v) is 19.8. The van der Waals surface area contributed by atoms with Gasteiger partial charge >= 0.3 is 0 Å². The molecule has 0 saturated carbocycles. The Hall–Kier alpha value is -1.42. The van der Waals surface area contributed by atoms with Gasteiger partial charge in [-0.15, -0.1) is 24.0 Å². The second kappa shape index (κ2) is 13.7. The van der Waals surface area contributed by atoms with E-state index >= 15 is 0 Å². The third-order valence-electron chi connectivity index (χ3n) is 5.08. The molecular weight excluding hydrogens is 484 g/mol. The molecule has 0 bridgehead atoms. The Morgan fingerprint density at radius 2 is 1.93 bits per heavy atom. The second-order valence-electron chi connectivity index (χ2n) is 7.41. The lowest BCUT2D eigenvalue weighted by molar-refractivity contribution is -0.121. The fraction of sp³-hybridized carbons (Fsp3) is 0.619. The van der Waals surface area contributed by atoms with Crippen molar-refractivity contribution in [3.8, 4) is 0 Å². The first-order valence-electron chi connectivity index (χ1n) is 10.3. The van der Waals surface area contributed by atoms with E-state index in [1.54, 1.807) is 12.1 Å². The summed E-state index contributed by atoms with van der Waals surface area (Å²) in [5.41, 5.74) is 6.45. The van der Waals surface area contributed by atoms with Gasteiger partial charge in [0.1, 0.15) is 5.82 Å². The topological polar surface area (TPSA) is 82.8 Å². The number of halogens is 2. The van der Waals surface area contributed by atoms with Crippen LogP contribution in [0, 0.1) is 11.7 Å². The summed E-state index contributed by atoms with van der Waals surface area (Å²) in [5, 5.41) is 6.75. The summed E-state index contributed by atoms with van der Waals surface area (Å²) in [6.45, 7) is 8.63. The highest BCUT2D eigenvalue weighted by Gasteiger charge is 2.20. The number of aliphatic imine (C=N–C) groups is 1. The molecule has 1 saturated heterocycles. The summed E-state index contributed by atoms with van der Waals surface area (Å²) in [5.74, 6) is -0.382. The van der Waals surface area contributed by atoms with E-state index in [9.17, 15) is 9.18 Å². The van der Waals surface area contributed by atoms with E-state index in [1.807, 2.05) is 6.92 Å². The molecular formula is C21H35FIN5O. The first kappa shape index (κ1) is 25.6. The van der Waals surface area contributed by atoms with Crippen LogP contribution in [0.1, 0.15) is 38.7 Å². The number of benzene rings is 1. The van der Waals surface area contributed by atoms with Crippen molar-refractivity contribution in [3.05, 3.63) is 35.6 Å². The smallest absolute Gasteiger partial charge is 0.222 e. The molecule has 8 heteroatoms. The number of carbonyl (C=O) groups excluding carboxylic acids is 1. The molecule has 1 unspecified atom stereocenters. The van der Waals surface area contributed by atoms with Crippen LogP contribution in [0.2, 0.25) is 0 Å². The van der Waals surface area contributed by atoms with Crippen LogP contribution >= 0.6 is 24.0 Å². The predicted molar refractivity (Wildman–Crippen MR) is 127 cm³/mol. The quantitative estimate of drug-likeness (QED) is 0.266. The first-order valence-corrected chi connectivity index (χ1v) is 10.3. The molecule has 29 heavy (non-hydrogen) atoms. The van der Waals surface area contributed by atoms with Gasteiger partial charge < -0.3 is 21.3 Å². The maximum atomic E-state index is 13.1. The van der Waals surface area contributed by atoms with Crippen LogP contribution in [0.4, 0.5) is 4.39 Å². The van der Waals surface area contributed by atoms with Crippen LogP contribution in [-0.2, 0) is 11.2 Å². The van der Waals surface area contributed by atoms with Crippen molar-refractivity contribution in [1.82, 2.24) is 15.5 Å². The monoisotopic (exact) mass is 519 g/mol. The number of likely N-dealkylation sites (tertiary alicyclic amines) is 1. The summed E-state index contributed by atoms with van der Waals surface area (Å²) in [4.78, 5) is 19.0. The molecule has 1 aliphatic rings. The third-order valence-corrected chi connectivity index (χ3v) is 5.08. The van der Waals surface area contributed by atoms with Gasteiger partial charge in [0.05, 0.1) is 12.5 Å². The van der Waals surface area contributed by atoms with Gasteiger partial charge in [-0.1, -0.05) is 19.1 Å². The number of hydrogen-bond acceptors (Lipinski definition) is 3. The van der Waals surface area contributed by atoms with Crippen molar-refractivity contribution in [3.63, 3.8) is 0 Å². The Kier molecular flexibility index (Phi) is 12.1. The molecule has 164 valence electrons. The fourth-order valence-electron chi connectivity index (χ4n) is 3.49.